The molecule has 1 saturated heterocycles. The van der Waals surface area contributed by atoms with Crippen LogP contribution >= 0.6 is 11.6 Å². The van der Waals surface area contributed by atoms with Gasteiger partial charge in [-0.3, -0.25) is 14.4 Å². The van der Waals surface area contributed by atoms with E-state index in [1.165, 1.54) is 4.90 Å². The van der Waals surface area contributed by atoms with Crippen LogP contribution in [0.25, 0.3) is 11.1 Å². The van der Waals surface area contributed by atoms with Crippen LogP contribution in [0.4, 0.5) is 5.69 Å². The molecule has 0 radical (unpaired) electrons. The van der Waals surface area contributed by atoms with E-state index in [2.05, 4.69) is 5.32 Å². The van der Waals surface area contributed by atoms with Crippen LogP contribution in [0.3, 0.4) is 0 Å². The molecule has 2 fully saturated rings. The molecule has 8 nitrogen and oxygen atoms in total. The molecule has 0 bridgehead atoms. The Labute approximate surface area is 214 Å². The quantitative estimate of drug-likeness (QED) is 0.667. The van der Waals surface area contributed by atoms with Crippen molar-refractivity contribution in [1.29, 1.82) is 0 Å². The summed E-state index contributed by atoms with van der Waals surface area (Å²) in [6.45, 7) is 0.596. The molecular weight excluding hydrogens is 482 g/mol. The molecule has 0 aromatic heterocycles. The Kier molecular flexibility index (Phi) is 6.47. The van der Waals surface area contributed by atoms with Gasteiger partial charge in [0, 0.05) is 30.5 Å². The highest BCUT2D eigenvalue weighted by Crippen LogP contribution is 2.44. The number of rotatable bonds is 5. The van der Waals surface area contributed by atoms with Crippen LogP contribution in [0.1, 0.15) is 48.9 Å². The first kappa shape index (κ1) is 24.3. The number of carboxylic acid groups (broad SMARTS) is 1. The highest BCUT2D eigenvalue weighted by atomic mass is 35.5. The maximum Gasteiger partial charge on any atom is 0.256 e. The maximum absolute atomic E-state index is 13.5. The summed E-state index contributed by atoms with van der Waals surface area (Å²) in [5.74, 6) is -1.92. The van der Waals surface area contributed by atoms with E-state index in [0.29, 0.717) is 35.7 Å². The van der Waals surface area contributed by atoms with Crippen LogP contribution < -0.4 is 10.4 Å². The molecule has 188 valence electrons. The van der Waals surface area contributed by atoms with Crippen LogP contribution in [0, 0.1) is 5.41 Å². The van der Waals surface area contributed by atoms with E-state index >= 15 is 0 Å². The lowest BCUT2D eigenvalue weighted by atomic mass is 9.79. The van der Waals surface area contributed by atoms with Crippen molar-refractivity contribution < 1.29 is 24.3 Å². The Hall–Kier alpha value is -3.39. The number of piperazine rings is 1. The molecule has 0 unspecified atom stereocenters. The highest BCUT2D eigenvalue weighted by Gasteiger charge is 2.43. The van der Waals surface area contributed by atoms with Gasteiger partial charge in [0.1, 0.15) is 6.04 Å². The van der Waals surface area contributed by atoms with Gasteiger partial charge in [-0.05, 0) is 60.1 Å². The van der Waals surface area contributed by atoms with E-state index in [4.69, 9.17) is 11.6 Å². The molecule has 1 atom stereocenters. The fourth-order valence-electron chi connectivity index (χ4n) is 5.78. The molecule has 1 aliphatic carbocycles. The molecule has 2 aliphatic heterocycles. The van der Waals surface area contributed by atoms with Crippen molar-refractivity contribution in [3.8, 4) is 11.1 Å². The van der Waals surface area contributed by atoms with Gasteiger partial charge in [-0.2, -0.15) is 0 Å². The lowest BCUT2D eigenvalue weighted by molar-refractivity contribution is -0.308. The Morgan fingerprint density at radius 2 is 1.69 bits per heavy atom. The first-order valence-corrected chi connectivity index (χ1v) is 12.6. The van der Waals surface area contributed by atoms with Crippen LogP contribution in [0.15, 0.2) is 42.5 Å². The summed E-state index contributed by atoms with van der Waals surface area (Å²) in [6, 6.07) is 11.8. The van der Waals surface area contributed by atoms with E-state index in [1.54, 1.807) is 29.2 Å². The first-order chi connectivity index (χ1) is 17.2. The molecule has 2 aromatic rings. The van der Waals surface area contributed by atoms with Crippen molar-refractivity contribution in [3.63, 3.8) is 0 Å². The molecule has 5 rings (SSSR count). The second-order valence-electron chi connectivity index (χ2n) is 10.0. The van der Waals surface area contributed by atoms with Crippen molar-refractivity contribution >= 4 is 41.0 Å². The van der Waals surface area contributed by atoms with Crippen molar-refractivity contribution in [2.75, 3.05) is 25.0 Å². The number of aliphatic carboxylic acids is 1. The van der Waals surface area contributed by atoms with Crippen molar-refractivity contribution in [3.05, 3.63) is 53.1 Å². The lowest BCUT2D eigenvalue weighted by Crippen LogP contribution is -2.59. The van der Waals surface area contributed by atoms with Crippen molar-refractivity contribution in [2.45, 2.75) is 44.6 Å². The minimum atomic E-state index is -1.14. The number of benzene rings is 2. The zero-order valence-electron chi connectivity index (χ0n) is 19.8. The highest BCUT2D eigenvalue weighted by molar-refractivity contribution is 6.30. The standard InChI is InChI=1S/C27H28ClN3O5/c28-19-6-3-17(4-7-19)18-5-8-21-20(13-18)26(36)31-12-11-30(16-22(31)25(35)29-21)23(32)14-27(15-24(33)34)9-1-2-10-27/h3-8,13,22H,1-2,9-12,14-16H2,(H,29,35)(H,33,34)/p-1/t22-/m0/s1. The molecule has 1 saturated carbocycles. The molecule has 36 heavy (non-hydrogen) atoms. The second kappa shape index (κ2) is 9.58. The number of carbonyl (C=O) groups is 4. The summed E-state index contributed by atoms with van der Waals surface area (Å²) < 4.78 is 0. The topological polar surface area (TPSA) is 110 Å². The second-order valence-corrected chi connectivity index (χ2v) is 10.5. The third kappa shape index (κ3) is 4.69. The maximum atomic E-state index is 13.5. The molecule has 3 amide bonds. The van der Waals surface area contributed by atoms with Crippen molar-refractivity contribution in [1.82, 2.24) is 9.80 Å². The molecule has 3 aliphatic rings. The summed E-state index contributed by atoms with van der Waals surface area (Å²) in [7, 11) is 0. The minimum Gasteiger partial charge on any atom is -0.550 e. The number of hydrogen-bond acceptors (Lipinski definition) is 5. The molecule has 2 aromatic carbocycles. The van der Waals surface area contributed by atoms with E-state index in [9.17, 15) is 24.3 Å². The predicted octanol–water partition coefficient (Wildman–Crippen LogP) is 2.70. The van der Waals surface area contributed by atoms with Crippen LogP contribution in [-0.4, -0.2) is 59.2 Å². The number of nitrogens with one attached hydrogen (secondary N) is 1. The van der Waals surface area contributed by atoms with Gasteiger partial charge in [0.2, 0.25) is 11.8 Å². The number of hydrogen-bond donors (Lipinski definition) is 1. The number of amides is 3. The van der Waals surface area contributed by atoms with Gasteiger partial charge in [-0.25, -0.2) is 0 Å². The molecule has 0 spiro atoms. The Morgan fingerprint density at radius 1 is 1.00 bits per heavy atom. The number of carbonyl (C=O) groups excluding carboxylic acids is 4. The van der Waals surface area contributed by atoms with Gasteiger partial charge in [0.25, 0.3) is 5.91 Å². The van der Waals surface area contributed by atoms with Gasteiger partial charge >= 0.3 is 0 Å². The fraction of sp³-hybridized carbons (Fsp3) is 0.407. The monoisotopic (exact) mass is 508 g/mol. The number of halogens is 1. The van der Waals surface area contributed by atoms with Gasteiger partial charge in [0.05, 0.1) is 17.8 Å². The van der Waals surface area contributed by atoms with E-state index in [0.717, 1.165) is 24.0 Å². The Morgan fingerprint density at radius 3 is 2.39 bits per heavy atom. The van der Waals surface area contributed by atoms with Gasteiger partial charge in [0.15, 0.2) is 0 Å². The van der Waals surface area contributed by atoms with Gasteiger partial charge in [-0.15, -0.1) is 0 Å². The van der Waals surface area contributed by atoms with Crippen LogP contribution in [-0.2, 0) is 14.4 Å². The number of fused-ring (bicyclic) bond motifs is 2. The zero-order chi connectivity index (χ0) is 25.4. The summed E-state index contributed by atoms with van der Waals surface area (Å²) >= 11 is 6.00. The number of anilines is 1. The summed E-state index contributed by atoms with van der Waals surface area (Å²) in [6.07, 6.45) is 3.13. The number of carboxylic acids is 1. The fourth-order valence-corrected chi connectivity index (χ4v) is 5.91. The van der Waals surface area contributed by atoms with Gasteiger partial charge in [-0.1, -0.05) is 42.6 Å². The number of nitrogens with zero attached hydrogens (tertiary/aromatic N) is 2. The van der Waals surface area contributed by atoms with Crippen molar-refractivity contribution in [2.24, 2.45) is 5.41 Å². The minimum absolute atomic E-state index is 0.0792. The third-order valence-electron chi connectivity index (χ3n) is 7.69. The average molecular weight is 509 g/mol. The molecular formula is C27H27ClN3O5-. The predicted molar refractivity (Wildman–Crippen MR) is 132 cm³/mol. The van der Waals surface area contributed by atoms with E-state index < -0.39 is 17.4 Å². The third-order valence-corrected chi connectivity index (χ3v) is 7.94. The SMILES string of the molecule is O=C([O-])CC1(CC(=O)N2CCN3C(=O)c4cc(-c5ccc(Cl)cc5)ccc4NC(=O)[C@@H]3C2)CCCC1. The Balaban J connectivity index is 1.34. The first-order valence-electron chi connectivity index (χ1n) is 12.2. The Bertz CT molecular complexity index is 1220. The normalized spacial score (nSPS) is 20.9. The lowest BCUT2D eigenvalue weighted by Gasteiger charge is -2.40. The van der Waals surface area contributed by atoms with E-state index in [1.807, 2.05) is 18.2 Å². The summed E-state index contributed by atoms with van der Waals surface area (Å²) in [5.41, 5.74) is 1.99. The molecule has 2 heterocycles. The summed E-state index contributed by atoms with van der Waals surface area (Å²) in [5, 5.41) is 14.8. The average Bonchev–Trinajstić information content (AvgIpc) is 3.27. The summed E-state index contributed by atoms with van der Waals surface area (Å²) in [4.78, 5) is 54.3. The van der Waals surface area contributed by atoms with Crippen LogP contribution in [0.2, 0.25) is 5.02 Å². The molecule has 1 N–H and O–H groups in total. The van der Waals surface area contributed by atoms with E-state index in [-0.39, 0.29) is 43.7 Å². The largest absolute Gasteiger partial charge is 0.550 e. The smallest absolute Gasteiger partial charge is 0.256 e. The van der Waals surface area contributed by atoms with Crippen LogP contribution in [0.5, 0.6) is 0 Å². The molecule has 9 heteroatoms. The zero-order valence-corrected chi connectivity index (χ0v) is 20.6. The van der Waals surface area contributed by atoms with Gasteiger partial charge < -0.3 is 25.0 Å².